The fourth-order valence-corrected chi connectivity index (χ4v) is 16.1. The summed E-state index contributed by atoms with van der Waals surface area (Å²) < 4.78 is 214. The number of hydrogen-bond acceptors (Lipinski definition) is 59. The Labute approximate surface area is 835 Å². The van der Waals surface area contributed by atoms with Crippen molar-refractivity contribution in [3.8, 4) is 0 Å². The summed E-state index contributed by atoms with van der Waals surface area (Å²) in [4.78, 5) is 306. The molecule has 147 heavy (non-hydrogen) atoms. The van der Waals surface area contributed by atoms with Gasteiger partial charge in [0.2, 0.25) is 12.4 Å². The van der Waals surface area contributed by atoms with Crippen LogP contribution in [0.25, 0.3) is 0 Å². The second-order valence-corrected chi connectivity index (χ2v) is 33.2. The third kappa shape index (κ3) is 36.7. The third-order valence-corrected chi connectivity index (χ3v) is 20.9. The average Bonchev–Trinajstić information content (AvgIpc) is 0.750. The lowest BCUT2D eigenvalue weighted by Crippen LogP contribution is -2.70. The number of ether oxygens (including phenoxy) is 36. The first-order chi connectivity index (χ1) is 68.8. The molecule has 0 aliphatic carbocycles. The van der Waals surface area contributed by atoms with E-state index in [2.05, 4.69) is 0 Å². The molecule has 0 aromatic rings. The molecule has 35 unspecified atom stereocenters. The molecule has 7 saturated heterocycles. The molecule has 59 nitrogen and oxygen atoms in total. The minimum Gasteiger partial charge on any atom is -0.463 e. The van der Waals surface area contributed by atoms with E-state index in [-0.39, 0.29) is 0 Å². The molecule has 0 saturated carbocycles. The van der Waals surface area contributed by atoms with Crippen molar-refractivity contribution in [1.29, 1.82) is 0 Å². The fraction of sp³-hybridized carbons (Fsp3) is 0.739. The van der Waals surface area contributed by atoms with Crippen LogP contribution in [0.3, 0.4) is 0 Å². The van der Waals surface area contributed by atoms with Gasteiger partial charge in [-0.1, -0.05) is 0 Å². The van der Waals surface area contributed by atoms with Gasteiger partial charge < -0.3 is 171 Å². The van der Waals surface area contributed by atoms with Crippen molar-refractivity contribution in [2.45, 2.75) is 374 Å². The Morgan fingerprint density at radius 2 is 0.224 bits per heavy atom. The molecule has 7 aliphatic heterocycles. The molecule has 0 radical (unpaired) electrons. The fourth-order valence-electron chi connectivity index (χ4n) is 16.1. The van der Waals surface area contributed by atoms with E-state index in [0.29, 0.717) is 0 Å². The molecule has 7 aliphatic rings. The van der Waals surface area contributed by atoms with Gasteiger partial charge in [0.15, 0.2) is 123 Å². The Balaban J connectivity index is 1.40. The molecule has 824 valence electrons. The lowest BCUT2D eigenvalue weighted by atomic mass is 9.94. The zero-order valence-corrected chi connectivity index (χ0v) is 83.7. The standard InChI is InChI=1S/C88H118O59/c1-31(89)112-24-54-61(119-38(8)96)68(120-39(9)97)76(128-47(17)105)83(136-54)143-63-56(26-114-33(3)91)138-85(78(130-49(19)107)70(63)122-41(11)99)145-65-58(28-116-35(5)93)140-87(80(132-51(21)109)72(65)124-43(13)101)147-67-60(30-118-37(7)95)141-88(81(133-52(22)110)74(67)126-45(15)103)146-66-59(29-117-36(6)94)139-86(79(131-50(20)108)73(66)125-44(14)102)144-64-57(27-115-34(4)92)137-84(77(129-48(18)106)71(64)123-42(12)100)142-62-55(25-113-32(2)90)135-82(134-53(23)111)75(127-46(16)104)69(62)121-40(10)98/h54-88H,24-30H2,1-23H3. The Morgan fingerprint density at radius 1 is 0.122 bits per heavy atom. The van der Waals surface area contributed by atoms with Crippen molar-refractivity contribution in [1.82, 2.24) is 0 Å². The third-order valence-electron chi connectivity index (χ3n) is 20.9. The molecule has 35 atom stereocenters. The van der Waals surface area contributed by atoms with Crippen LogP contribution < -0.4 is 0 Å². The number of rotatable bonds is 42. The molecule has 7 heterocycles. The lowest BCUT2D eigenvalue weighted by molar-refractivity contribution is -0.398. The summed E-state index contributed by atoms with van der Waals surface area (Å²) in [7, 11) is 0. The minimum atomic E-state index is -2.51. The monoisotopic (exact) mass is 2120 g/mol. The predicted octanol–water partition coefficient (Wildman–Crippen LogP) is -3.15. The minimum absolute atomic E-state index is 0.772. The maximum Gasteiger partial charge on any atom is 0.305 e. The van der Waals surface area contributed by atoms with Crippen LogP contribution in [0.2, 0.25) is 0 Å². The molecule has 0 aromatic heterocycles. The maximum atomic E-state index is 14.0. The van der Waals surface area contributed by atoms with Gasteiger partial charge in [-0.3, -0.25) is 110 Å². The summed E-state index contributed by atoms with van der Waals surface area (Å²) in [6.07, 6.45) is -77.1. The van der Waals surface area contributed by atoms with Crippen LogP contribution >= 0.6 is 0 Å². The van der Waals surface area contributed by atoms with Crippen molar-refractivity contribution in [2.75, 3.05) is 46.2 Å². The second kappa shape index (κ2) is 55.9. The first-order valence-electron chi connectivity index (χ1n) is 45.0. The van der Waals surface area contributed by atoms with Gasteiger partial charge >= 0.3 is 137 Å². The molecular formula is C88H118O59. The van der Waals surface area contributed by atoms with Crippen LogP contribution in [0.5, 0.6) is 0 Å². The molecule has 0 amide bonds. The smallest absolute Gasteiger partial charge is 0.305 e. The van der Waals surface area contributed by atoms with E-state index in [1.54, 1.807) is 0 Å². The molecular weight excluding hydrogens is 2000 g/mol. The first-order valence-corrected chi connectivity index (χ1v) is 45.0. The predicted molar refractivity (Wildman–Crippen MR) is 451 cm³/mol. The van der Waals surface area contributed by atoms with Crippen molar-refractivity contribution < 1.29 is 281 Å². The molecule has 0 aromatic carbocycles. The summed E-state index contributed by atoms with van der Waals surface area (Å²) in [5.74, 6) is -27.1. The highest BCUT2D eigenvalue weighted by atomic mass is 16.8. The van der Waals surface area contributed by atoms with E-state index in [1.807, 2.05) is 0 Å². The highest BCUT2D eigenvalue weighted by molar-refractivity contribution is 5.74. The molecule has 59 heteroatoms. The van der Waals surface area contributed by atoms with Crippen LogP contribution in [-0.4, -0.2) is 398 Å². The average molecular weight is 2120 g/mol. The van der Waals surface area contributed by atoms with E-state index in [1.165, 1.54) is 0 Å². The first kappa shape index (κ1) is 121. The van der Waals surface area contributed by atoms with E-state index in [0.717, 1.165) is 159 Å². The lowest BCUT2D eigenvalue weighted by Gasteiger charge is -2.52. The van der Waals surface area contributed by atoms with Crippen LogP contribution in [0.15, 0.2) is 0 Å². The summed E-state index contributed by atoms with van der Waals surface area (Å²) >= 11 is 0. The van der Waals surface area contributed by atoms with Crippen molar-refractivity contribution in [2.24, 2.45) is 0 Å². The zero-order valence-electron chi connectivity index (χ0n) is 83.7. The van der Waals surface area contributed by atoms with Crippen LogP contribution in [0.4, 0.5) is 0 Å². The highest BCUT2D eigenvalue weighted by Gasteiger charge is 2.66. The number of hydrogen-bond donors (Lipinski definition) is 0. The summed E-state index contributed by atoms with van der Waals surface area (Å²) in [6, 6.07) is 0. The SMILES string of the molecule is CC(=O)OCC1OC(OC2C(COC(C)=O)OC(OC3C(COC(C)=O)OC(OC4C(COC(C)=O)OC(OC5C(COC(C)=O)OC(OC6C(COC(C)=O)OC(OC7C(COC(C)=O)OC(OC(C)=O)C(OC(C)=O)C7OC(C)=O)C(OC(C)=O)C6OC(C)=O)C(OC(C)=O)C5OC(C)=O)C(OC(C)=O)C4OC(C)=O)C(OC(C)=O)C3OC(C)=O)C(OC(C)=O)C2OC(C)=O)C(OC(C)=O)C(OC(C)=O)C1OC(C)=O. The summed E-state index contributed by atoms with van der Waals surface area (Å²) in [5.41, 5.74) is 0. The van der Waals surface area contributed by atoms with E-state index in [9.17, 15) is 110 Å². The highest BCUT2D eigenvalue weighted by Crippen LogP contribution is 2.45. The van der Waals surface area contributed by atoms with Gasteiger partial charge in [-0.2, -0.15) is 0 Å². The van der Waals surface area contributed by atoms with Crippen molar-refractivity contribution in [3.05, 3.63) is 0 Å². The summed E-state index contributed by atoms with van der Waals surface area (Å²) in [6.45, 7) is 12.4. The zero-order chi connectivity index (χ0) is 110. The van der Waals surface area contributed by atoms with E-state index >= 15 is 0 Å². The molecule has 7 rings (SSSR count). The van der Waals surface area contributed by atoms with Gasteiger partial charge in [0.05, 0.1) is 0 Å². The number of carbonyl (C=O) groups excluding carboxylic acids is 23. The molecule has 0 bridgehead atoms. The van der Waals surface area contributed by atoms with E-state index < -0.39 is 398 Å². The molecule has 7 fully saturated rings. The van der Waals surface area contributed by atoms with Crippen LogP contribution in [0, 0.1) is 0 Å². The molecule has 0 spiro atoms. The van der Waals surface area contributed by atoms with Gasteiger partial charge in [0, 0.05) is 159 Å². The van der Waals surface area contributed by atoms with Gasteiger partial charge in [-0.15, -0.1) is 0 Å². The quantitative estimate of drug-likeness (QED) is 0.0430. The summed E-state index contributed by atoms with van der Waals surface area (Å²) in [5, 5.41) is 0. The van der Waals surface area contributed by atoms with E-state index in [4.69, 9.17) is 171 Å². The Hall–Kier alpha value is -12.7. The normalized spacial score (nSPS) is 32.8. The van der Waals surface area contributed by atoms with Crippen LogP contribution in [0.1, 0.15) is 159 Å². The Kier molecular flexibility index (Phi) is 46.1. The molecule has 0 N–H and O–H groups in total. The second-order valence-electron chi connectivity index (χ2n) is 33.2. The van der Waals surface area contributed by atoms with Gasteiger partial charge in [-0.25, -0.2) is 0 Å². The van der Waals surface area contributed by atoms with Crippen molar-refractivity contribution in [3.63, 3.8) is 0 Å². The Morgan fingerprint density at radius 3 is 0.354 bits per heavy atom. The van der Waals surface area contributed by atoms with Gasteiger partial charge in [0.1, 0.15) is 126 Å². The number of esters is 23. The van der Waals surface area contributed by atoms with Gasteiger partial charge in [-0.05, 0) is 0 Å². The van der Waals surface area contributed by atoms with Gasteiger partial charge in [0.25, 0.3) is 0 Å². The largest absolute Gasteiger partial charge is 0.463 e. The van der Waals surface area contributed by atoms with Crippen molar-refractivity contribution >= 4 is 137 Å². The Bertz CT molecular complexity index is 4650. The van der Waals surface area contributed by atoms with Crippen LogP contribution in [-0.2, 0) is 281 Å². The maximum absolute atomic E-state index is 14.0. The topological polar surface area (TPSA) is 725 Å². The number of carbonyl (C=O) groups is 23.